The molecule has 2 rings (SSSR count). The molecule has 0 aliphatic carbocycles. The Kier molecular flexibility index (Phi) is 4.43. The molecule has 0 aliphatic heterocycles. The molecule has 0 saturated carbocycles. The van der Waals surface area contributed by atoms with Gasteiger partial charge in [-0.3, -0.25) is 9.59 Å². The van der Waals surface area contributed by atoms with Crippen molar-refractivity contribution < 1.29 is 14.7 Å². The number of carboxylic acid groups (broad SMARTS) is 1. The molecule has 1 aromatic carbocycles. The van der Waals surface area contributed by atoms with Crippen molar-refractivity contribution in [2.45, 2.75) is 19.3 Å². The minimum atomic E-state index is -1.15. The van der Waals surface area contributed by atoms with Crippen LogP contribution in [0.25, 0.3) is 0 Å². The van der Waals surface area contributed by atoms with Gasteiger partial charge in [0.05, 0.1) is 5.56 Å². The van der Waals surface area contributed by atoms with Crippen LogP contribution in [0.5, 0.6) is 0 Å². The molecular formula is C16H17NO3S. The first kappa shape index (κ1) is 15.3. The summed E-state index contributed by atoms with van der Waals surface area (Å²) in [5, 5.41) is 15.9. The summed E-state index contributed by atoms with van der Waals surface area (Å²) in [6.45, 7) is 3.52. The van der Waals surface area contributed by atoms with Crippen molar-refractivity contribution in [2.24, 2.45) is 0 Å². The molecule has 0 aliphatic rings. The lowest BCUT2D eigenvalue weighted by molar-refractivity contribution is -0.142. The van der Waals surface area contributed by atoms with E-state index in [4.69, 9.17) is 0 Å². The number of carbonyl (C=O) groups excluding carboxylic acids is 1. The minimum absolute atomic E-state index is 0.0421. The zero-order chi connectivity index (χ0) is 15.5. The molecule has 110 valence electrons. The van der Waals surface area contributed by atoms with Gasteiger partial charge in [-0.15, -0.1) is 0 Å². The number of aryl methyl sites for hydroxylation is 1. The van der Waals surface area contributed by atoms with Gasteiger partial charge >= 0.3 is 5.97 Å². The lowest BCUT2D eigenvalue weighted by Gasteiger charge is -2.25. The zero-order valence-electron chi connectivity index (χ0n) is 11.9. The summed E-state index contributed by atoms with van der Waals surface area (Å²) in [6.07, 6.45) is 0. The summed E-state index contributed by atoms with van der Waals surface area (Å²) < 4.78 is 0. The van der Waals surface area contributed by atoms with E-state index >= 15 is 0 Å². The quantitative estimate of drug-likeness (QED) is 0.892. The van der Waals surface area contributed by atoms with E-state index in [1.807, 2.05) is 18.4 Å². The van der Waals surface area contributed by atoms with Gasteiger partial charge in [0, 0.05) is 11.9 Å². The van der Waals surface area contributed by atoms with Crippen molar-refractivity contribution in [3.63, 3.8) is 0 Å². The predicted molar refractivity (Wildman–Crippen MR) is 82.8 cm³/mol. The third-order valence-corrected chi connectivity index (χ3v) is 4.45. The maximum atomic E-state index is 12.1. The first-order chi connectivity index (χ1) is 9.95. The van der Waals surface area contributed by atoms with E-state index in [0.29, 0.717) is 11.1 Å². The number of rotatable bonds is 5. The standard InChI is InChI=1S/C16H17NO3S/c1-11-8-21-9-13(11)14(18)17-10-16(2,15(19)20)12-6-4-3-5-7-12/h3-9H,10H2,1-2H3,(H,17,18)(H,19,20). The van der Waals surface area contributed by atoms with Crippen molar-refractivity contribution in [3.8, 4) is 0 Å². The van der Waals surface area contributed by atoms with E-state index in [0.717, 1.165) is 5.56 Å². The maximum Gasteiger partial charge on any atom is 0.315 e. The van der Waals surface area contributed by atoms with Crippen molar-refractivity contribution in [3.05, 3.63) is 57.8 Å². The first-order valence-corrected chi connectivity index (χ1v) is 7.49. The van der Waals surface area contributed by atoms with E-state index < -0.39 is 11.4 Å². The summed E-state index contributed by atoms with van der Waals surface area (Å²) in [5.41, 5.74) is 1.01. The fourth-order valence-corrected chi connectivity index (χ4v) is 2.88. The van der Waals surface area contributed by atoms with Crippen LogP contribution < -0.4 is 5.32 Å². The van der Waals surface area contributed by atoms with Gasteiger partial charge in [-0.2, -0.15) is 11.3 Å². The van der Waals surface area contributed by atoms with Crippen molar-refractivity contribution in [2.75, 3.05) is 6.54 Å². The molecule has 4 nitrogen and oxygen atoms in total. The van der Waals surface area contributed by atoms with Crippen LogP contribution in [0.2, 0.25) is 0 Å². The summed E-state index contributed by atoms with van der Waals surface area (Å²) in [7, 11) is 0. The topological polar surface area (TPSA) is 66.4 Å². The van der Waals surface area contributed by atoms with E-state index in [9.17, 15) is 14.7 Å². The molecule has 0 radical (unpaired) electrons. The monoisotopic (exact) mass is 303 g/mol. The van der Waals surface area contributed by atoms with Crippen LogP contribution in [0.4, 0.5) is 0 Å². The molecule has 1 amide bonds. The number of amides is 1. The number of benzene rings is 1. The fourth-order valence-electron chi connectivity index (χ4n) is 2.05. The Labute approximate surface area is 127 Å². The molecule has 0 fully saturated rings. The Morgan fingerprint density at radius 2 is 1.90 bits per heavy atom. The van der Waals surface area contributed by atoms with Gasteiger partial charge in [-0.25, -0.2) is 0 Å². The lowest BCUT2D eigenvalue weighted by Crippen LogP contribution is -2.44. The average molecular weight is 303 g/mol. The van der Waals surface area contributed by atoms with Crippen LogP contribution in [0.1, 0.15) is 28.4 Å². The zero-order valence-corrected chi connectivity index (χ0v) is 12.7. The van der Waals surface area contributed by atoms with Crippen molar-refractivity contribution >= 4 is 23.2 Å². The van der Waals surface area contributed by atoms with Crippen molar-refractivity contribution in [1.29, 1.82) is 0 Å². The molecule has 0 saturated heterocycles. The summed E-state index contributed by atoms with van der Waals surface area (Å²) in [5.74, 6) is -1.20. The van der Waals surface area contributed by atoms with Crippen LogP contribution in [0, 0.1) is 6.92 Å². The largest absolute Gasteiger partial charge is 0.481 e. The highest BCUT2D eigenvalue weighted by atomic mass is 32.1. The highest BCUT2D eigenvalue weighted by molar-refractivity contribution is 7.08. The van der Waals surface area contributed by atoms with Crippen LogP contribution in [0.3, 0.4) is 0 Å². The first-order valence-electron chi connectivity index (χ1n) is 6.55. The van der Waals surface area contributed by atoms with Crippen LogP contribution in [-0.4, -0.2) is 23.5 Å². The Morgan fingerprint density at radius 3 is 2.43 bits per heavy atom. The molecule has 1 unspecified atom stereocenters. The average Bonchev–Trinajstić information content (AvgIpc) is 2.91. The van der Waals surface area contributed by atoms with Gasteiger partial charge in [0.25, 0.3) is 5.91 Å². The Hall–Kier alpha value is -2.14. The second-order valence-corrected chi connectivity index (χ2v) is 5.90. The fraction of sp³-hybridized carbons (Fsp3) is 0.250. The molecule has 1 aromatic heterocycles. The number of carbonyl (C=O) groups is 2. The van der Waals surface area contributed by atoms with Gasteiger partial charge in [-0.1, -0.05) is 30.3 Å². The van der Waals surface area contributed by atoms with Crippen LogP contribution in [-0.2, 0) is 10.2 Å². The lowest BCUT2D eigenvalue weighted by atomic mass is 9.82. The smallest absolute Gasteiger partial charge is 0.315 e. The SMILES string of the molecule is Cc1cscc1C(=O)NCC(C)(C(=O)O)c1ccccc1. The predicted octanol–water partition coefficient (Wildman–Crippen LogP) is 2.83. The third-order valence-electron chi connectivity index (χ3n) is 3.59. The number of thiophene rings is 1. The molecule has 0 spiro atoms. The maximum absolute atomic E-state index is 12.1. The van der Waals surface area contributed by atoms with Crippen LogP contribution >= 0.6 is 11.3 Å². The molecule has 1 atom stereocenters. The van der Waals surface area contributed by atoms with Gasteiger partial charge in [0.2, 0.25) is 0 Å². The highest BCUT2D eigenvalue weighted by Crippen LogP contribution is 2.23. The Bertz CT molecular complexity index is 651. The van der Waals surface area contributed by atoms with Crippen LogP contribution in [0.15, 0.2) is 41.1 Å². The number of hydrogen-bond acceptors (Lipinski definition) is 3. The molecule has 2 aromatic rings. The number of hydrogen-bond donors (Lipinski definition) is 2. The van der Waals surface area contributed by atoms with Gasteiger partial charge in [0.1, 0.15) is 5.41 Å². The van der Waals surface area contributed by atoms with Gasteiger partial charge in [0.15, 0.2) is 0 Å². The summed E-state index contributed by atoms with van der Waals surface area (Å²) >= 11 is 1.45. The van der Waals surface area contributed by atoms with Crippen molar-refractivity contribution in [1.82, 2.24) is 5.32 Å². The molecule has 0 bridgehead atoms. The summed E-state index contributed by atoms with van der Waals surface area (Å²) in [4.78, 5) is 23.8. The minimum Gasteiger partial charge on any atom is -0.481 e. The normalized spacial score (nSPS) is 13.4. The van der Waals surface area contributed by atoms with E-state index in [1.165, 1.54) is 11.3 Å². The van der Waals surface area contributed by atoms with Gasteiger partial charge < -0.3 is 10.4 Å². The second kappa shape index (κ2) is 6.10. The molecule has 2 N–H and O–H groups in total. The highest BCUT2D eigenvalue weighted by Gasteiger charge is 2.35. The number of carboxylic acids is 1. The molecule has 1 heterocycles. The van der Waals surface area contributed by atoms with E-state index in [-0.39, 0.29) is 12.5 Å². The van der Waals surface area contributed by atoms with E-state index in [2.05, 4.69) is 5.32 Å². The van der Waals surface area contributed by atoms with Gasteiger partial charge in [-0.05, 0) is 30.4 Å². The third kappa shape index (κ3) is 3.13. The molecule has 5 heteroatoms. The number of nitrogens with one attached hydrogen (secondary N) is 1. The Morgan fingerprint density at radius 1 is 1.24 bits per heavy atom. The molecule has 21 heavy (non-hydrogen) atoms. The Balaban J connectivity index is 2.17. The number of aliphatic carboxylic acids is 1. The van der Waals surface area contributed by atoms with E-state index in [1.54, 1.807) is 36.6 Å². The summed E-state index contributed by atoms with van der Waals surface area (Å²) in [6, 6.07) is 8.94. The molecular weight excluding hydrogens is 286 g/mol. The second-order valence-electron chi connectivity index (χ2n) is 5.15.